The van der Waals surface area contributed by atoms with Gasteiger partial charge in [0.25, 0.3) is 0 Å². The molecule has 0 aliphatic rings. The van der Waals surface area contributed by atoms with Crippen molar-refractivity contribution < 1.29 is 17.9 Å². The fourth-order valence-corrected chi connectivity index (χ4v) is 3.84. The minimum Gasteiger partial charge on any atom is -0.495 e. The monoisotopic (exact) mass is 411 g/mol. The predicted molar refractivity (Wildman–Crippen MR) is 113 cm³/mol. The molecule has 0 aliphatic carbocycles. The first kappa shape index (κ1) is 20.5. The molecule has 1 aromatic heterocycles. The minimum absolute atomic E-state index is 0.0231. The van der Waals surface area contributed by atoms with Gasteiger partial charge in [-0.05, 0) is 30.3 Å². The molecule has 3 aromatic rings. The minimum atomic E-state index is -3.73. The third kappa shape index (κ3) is 4.44. The highest BCUT2D eigenvalue weighted by Crippen LogP contribution is 2.29. The number of carbonyl (C=O) groups excluding carboxylic acids is 1. The Labute approximate surface area is 169 Å². The number of para-hydroxylation sites is 1. The molecular formula is C21H21N3O4S. The number of carbonyl (C=O) groups is 1. The molecule has 7 nitrogen and oxygen atoms in total. The normalized spacial score (nSPS) is 11.9. The van der Waals surface area contributed by atoms with Crippen LogP contribution >= 0.6 is 0 Å². The van der Waals surface area contributed by atoms with Crippen LogP contribution in [0.25, 0.3) is 17.0 Å². The summed E-state index contributed by atoms with van der Waals surface area (Å²) in [6.45, 7) is 0. The number of hydrogen-bond acceptors (Lipinski definition) is 5. The second-order valence-electron chi connectivity index (χ2n) is 6.40. The molecule has 8 heteroatoms. The van der Waals surface area contributed by atoms with Gasteiger partial charge in [0.1, 0.15) is 10.6 Å². The first-order valence-electron chi connectivity index (χ1n) is 8.76. The lowest BCUT2D eigenvalue weighted by Gasteiger charge is -2.15. The van der Waals surface area contributed by atoms with Gasteiger partial charge in [-0.25, -0.2) is 12.7 Å². The van der Waals surface area contributed by atoms with Crippen LogP contribution in [0.1, 0.15) is 5.56 Å². The fraction of sp³-hybridized carbons (Fsp3) is 0.143. The van der Waals surface area contributed by atoms with Crippen molar-refractivity contribution in [1.29, 1.82) is 0 Å². The van der Waals surface area contributed by atoms with Crippen molar-refractivity contribution in [2.75, 3.05) is 26.5 Å². The molecule has 0 saturated heterocycles. The maximum Gasteiger partial charge on any atom is 0.248 e. The van der Waals surface area contributed by atoms with Gasteiger partial charge in [0, 0.05) is 43.0 Å². The van der Waals surface area contributed by atoms with Crippen LogP contribution in [-0.4, -0.2) is 44.8 Å². The van der Waals surface area contributed by atoms with E-state index in [0.29, 0.717) is 5.69 Å². The number of benzene rings is 2. The molecule has 1 amide bonds. The summed E-state index contributed by atoms with van der Waals surface area (Å²) in [5.74, 6) is -0.189. The number of amides is 1. The SMILES string of the molecule is COc1ccc(NC(=O)/C=C/c2cccc3cccnc23)cc1S(=O)(=O)N(C)C. The van der Waals surface area contributed by atoms with Crippen molar-refractivity contribution in [2.45, 2.75) is 4.90 Å². The lowest BCUT2D eigenvalue weighted by atomic mass is 10.1. The number of anilines is 1. The van der Waals surface area contributed by atoms with Crippen LogP contribution < -0.4 is 10.1 Å². The Morgan fingerprint density at radius 3 is 2.62 bits per heavy atom. The summed E-state index contributed by atoms with van der Waals surface area (Å²) >= 11 is 0. The lowest BCUT2D eigenvalue weighted by molar-refractivity contribution is -0.111. The van der Waals surface area contributed by atoms with E-state index in [-0.39, 0.29) is 10.6 Å². The van der Waals surface area contributed by atoms with Gasteiger partial charge in [-0.3, -0.25) is 9.78 Å². The number of aromatic nitrogens is 1. The van der Waals surface area contributed by atoms with Gasteiger partial charge in [-0.1, -0.05) is 24.3 Å². The van der Waals surface area contributed by atoms with E-state index < -0.39 is 15.9 Å². The molecule has 3 rings (SSSR count). The molecule has 1 heterocycles. The largest absolute Gasteiger partial charge is 0.495 e. The van der Waals surface area contributed by atoms with E-state index in [4.69, 9.17) is 4.74 Å². The molecule has 0 spiro atoms. The quantitative estimate of drug-likeness (QED) is 0.630. The second-order valence-corrected chi connectivity index (χ2v) is 8.52. The van der Waals surface area contributed by atoms with E-state index in [2.05, 4.69) is 10.3 Å². The maximum absolute atomic E-state index is 12.5. The smallest absolute Gasteiger partial charge is 0.248 e. The van der Waals surface area contributed by atoms with Gasteiger partial charge < -0.3 is 10.1 Å². The zero-order valence-electron chi connectivity index (χ0n) is 16.3. The molecule has 0 bridgehead atoms. The average Bonchev–Trinajstić information content (AvgIpc) is 2.72. The third-order valence-corrected chi connectivity index (χ3v) is 6.10. The average molecular weight is 411 g/mol. The van der Waals surface area contributed by atoms with Crippen LogP contribution in [0.15, 0.2) is 65.7 Å². The van der Waals surface area contributed by atoms with E-state index in [1.54, 1.807) is 18.3 Å². The lowest BCUT2D eigenvalue weighted by Crippen LogP contribution is -2.23. The van der Waals surface area contributed by atoms with Crippen LogP contribution in [-0.2, 0) is 14.8 Å². The summed E-state index contributed by atoms with van der Waals surface area (Å²) < 4.78 is 31.2. The first-order valence-corrected chi connectivity index (χ1v) is 10.2. The molecule has 2 aromatic carbocycles. The van der Waals surface area contributed by atoms with E-state index >= 15 is 0 Å². The van der Waals surface area contributed by atoms with Crippen molar-refractivity contribution in [2.24, 2.45) is 0 Å². The van der Waals surface area contributed by atoms with E-state index in [1.807, 2.05) is 30.3 Å². The van der Waals surface area contributed by atoms with Gasteiger partial charge in [0.2, 0.25) is 15.9 Å². The summed E-state index contributed by atoms with van der Waals surface area (Å²) in [6, 6.07) is 14.0. The predicted octanol–water partition coefficient (Wildman–Crippen LogP) is 3.15. The fourth-order valence-electron chi connectivity index (χ4n) is 2.76. The number of fused-ring (bicyclic) bond motifs is 1. The summed E-state index contributed by atoms with van der Waals surface area (Å²) in [6.07, 6.45) is 4.75. The van der Waals surface area contributed by atoms with E-state index in [0.717, 1.165) is 20.8 Å². The molecule has 0 aliphatic heterocycles. The molecule has 0 atom stereocenters. The van der Waals surface area contributed by atoms with Gasteiger partial charge >= 0.3 is 0 Å². The van der Waals surface area contributed by atoms with Crippen LogP contribution in [0.2, 0.25) is 0 Å². The van der Waals surface area contributed by atoms with Crippen molar-refractivity contribution in [1.82, 2.24) is 9.29 Å². The maximum atomic E-state index is 12.5. The topological polar surface area (TPSA) is 88.6 Å². The molecule has 0 fully saturated rings. The first-order chi connectivity index (χ1) is 13.8. The Bertz CT molecular complexity index is 1180. The standard InChI is InChI=1S/C21H21N3O4S/c1-24(2)29(26,27)19-14-17(10-11-18(19)28-3)23-20(25)12-9-16-7-4-6-15-8-5-13-22-21(15)16/h4-14H,1-3H3,(H,23,25)/b12-9+. The number of nitrogens with zero attached hydrogens (tertiary/aromatic N) is 2. The van der Waals surface area contributed by atoms with Gasteiger partial charge in [0.05, 0.1) is 12.6 Å². The molecule has 0 radical (unpaired) electrons. The summed E-state index contributed by atoms with van der Waals surface area (Å²) in [4.78, 5) is 16.7. The Kier molecular flexibility index (Phi) is 5.95. The van der Waals surface area contributed by atoms with Crippen LogP contribution in [0, 0.1) is 0 Å². The Hall–Kier alpha value is -3.23. The van der Waals surface area contributed by atoms with Crippen LogP contribution in [0.3, 0.4) is 0 Å². The summed E-state index contributed by atoms with van der Waals surface area (Å²) in [7, 11) is 0.528. The van der Waals surface area contributed by atoms with Gasteiger partial charge in [0.15, 0.2) is 0 Å². The molecule has 29 heavy (non-hydrogen) atoms. The number of pyridine rings is 1. The highest BCUT2D eigenvalue weighted by Gasteiger charge is 2.22. The van der Waals surface area contributed by atoms with E-state index in [1.165, 1.54) is 39.4 Å². The number of hydrogen-bond donors (Lipinski definition) is 1. The van der Waals surface area contributed by atoms with Crippen molar-refractivity contribution in [3.05, 3.63) is 66.4 Å². The molecule has 0 unspecified atom stereocenters. The number of sulfonamides is 1. The highest BCUT2D eigenvalue weighted by atomic mass is 32.2. The number of methoxy groups -OCH3 is 1. The van der Waals surface area contributed by atoms with Crippen molar-refractivity contribution in [3.8, 4) is 5.75 Å². The van der Waals surface area contributed by atoms with E-state index in [9.17, 15) is 13.2 Å². The zero-order valence-corrected chi connectivity index (χ0v) is 17.1. The molecular weight excluding hydrogens is 390 g/mol. The summed E-state index contributed by atoms with van der Waals surface area (Å²) in [5.41, 5.74) is 1.95. The molecule has 0 saturated carbocycles. The summed E-state index contributed by atoms with van der Waals surface area (Å²) in [5, 5.41) is 3.65. The number of nitrogens with one attached hydrogen (secondary N) is 1. The second kappa shape index (κ2) is 8.42. The number of rotatable bonds is 6. The van der Waals surface area contributed by atoms with Crippen LogP contribution in [0.5, 0.6) is 5.75 Å². The number of ether oxygens (including phenoxy) is 1. The van der Waals surface area contributed by atoms with Crippen LogP contribution in [0.4, 0.5) is 5.69 Å². The highest BCUT2D eigenvalue weighted by molar-refractivity contribution is 7.89. The van der Waals surface area contributed by atoms with Crippen molar-refractivity contribution >= 4 is 38.6 Å². The Balaban J connectivity index is 1.85. The van der Waals surface area contributed by atoms with Gasteiger partial charge in [-0.15, -0.1) is 0 Å². The Morgan fingerprint density at radius 1 is 1.14 bits per heavy atom. The zero-order chi connectivity index (χ0) is 21.0. The Morgan fingerprint density at radius 2 is 1.90 bits per heavy atom. The third-order valence-electron chi connectivity index (χ3n) is 4.27. The molecule has 150 valence electrons. The molecule has 1 N–H and O–H groups in total. The van der Waals surface area contributed by atoms with Crippen molar-refractivity contribution in [3.63, 3.8) is 0 Å². The van der Waals surface area contributed by atoms with Gasteiger partial charge in [-0.2, -0.15) is 0 Å².